The number of carboxylic acid groups (broad SMARTS) is 1. The largest absolute Gasteiger partial charge is 0.480 e. The molecular formula is C14H17N3O3S. The number of thiol groups is 1. The third kappa shape index (κ3) is 3.56. The van der Waals surface area contributed by atoms with Crippen molar-refractivity contribution in [1.29, 1.82) is 0 Å². The van der Waals surface area contributed by atoms with E-state index in [0.29, 0.717) is 0 Å². The van der Waals surface area contributed by atoms with E-state index in [4.69, 9.17) is 5.73 Å². The molecule has 0 aliphatic rings. The van der Waals surface area contributed by atoms with Crippen molar-refractivity contribution in [2.45, 2.75) is 18.5 Å². The second kappa shape index (κ2) is 6.64. The summed E-state index contributed by atoms with van der Waals surface area (Å²) in [6.45, 7) is 0. The number of para-hydroxylation sites is 1. The lowest BCUT2D eigenvalue weighted by molar-refractivity contribution is -0.141. The van der Waals surface area contributed by atoms with Crippen LogP contribution in [-0.2, 0) is 16.0 Å². The molecule has 2 aromatic rings. The van der Waals surface area contributed by atoms with Gasteiger partial charge in [-0.3, -0.25) is 4.79 Å². The second-order valence-corrected chi connectivity index (χ2v) is 5.12. The molecule has 2 atom stereocenters. The maximum Gasteiger partial charge on any atom is 0.326 e. The van der Waals surface area contributed by atoms with Crippen molar-refractivity contribution in [3.05, 3.63) is 36.0 Å². The number of fused-ring (bicyclic) bond motifs is 1. The summed E-state index contributed by atoms with van der Waals surface area (Å²) in [5, 5.41) is 12.6. The highest BCUT2D eigenvalue weighted by atomic mass is 32.1. The Balaban J connectivity index is 2.17. The van der Waals surface area contributed by atoms with E-state index in [2.05, 4.69) is 22.9 Å². The highest BCUT2D eigenvalue weighted by molar-refractivity contribution is 7.80. The first-order chi connectivity index (χ1) is 10.0. The van der Waals surface area contributed by atoms with Gasteiger partial charge in [0.1, 0.15) is 6.04 Å². The smallest absolute Gasteiger partial charge is 0.326 e. The maximum atomic E-state index is 11.7. The van der Waals surface area contributed by atoms with Crippen LogP contribution >= 0.6 is 12.6 Å². The number of aliphatic carboxylic acids is 1. The lowest BCUT2D eigenvalue weighted by Crippen LogP contribution is -2.50. The molecule has 112 valence electrons. The zero-order chi connectivity index (χ0) is 15.4. The Morgan fingerprint density at radius 2 is 2.10 bits per heavy atom. The molecule has 0 unspecified atom stereocenters. The van der Waals surface area contributed by atoms with Crippen LogP contribution in [0.3, 0.4) is 0 Å². The third-order valence-corrected chi connectivity index (χ3v) is 3.64. The zero-order valence-corrected chi connectivity index (χ0v) is 12.1. The number of nitrogens with two attached hydrogens (primary N) is 1. The molecule has 2 rings (SSSR count). The molecule has 1 aromatic carbocycles. The first-order valence-corrected chi connectivity index (χ1v) is 7.10. The number of carbonyl (C=O) groups is 2. The molecule has 6 nitrogen and oxygen atoms in total. The Hall–Kier alpha value is -1.99. The van der Waals surface area contributed by atoms with Crippen LogP contribution in [0.15, 0.2) is 30.5 Å². The molecule has 0 radical (unpaired) electrons. The normalized spacial score (nSPS) is 13.8. The average molecular weight is 307 g/mol. The van der Waals surface area contributed by atoms with Crippen LogP contribution in [0.1, 0.15) is 5.56 Å². The Kier molecular flexibility index (Phi) is 4.87. The van der Waals surface area contributed by atoms with Crippen LogP contribution in [0.2, 0.25) is 0 Å². The van der Waals surface area contributed by atoms with Gasteiger partial charge in [-0.15, -0.1) is 0 Å². The van der Waals surface area contributed by atoms with E-state index in [9.17, 15) is 14.7 Å². The Bertz CT molecular complexity index is 656. The highest BCUT2D eigenvalue weighted by Crippen LogP contribution is 2.19. The molecule has 1 heterocycles. The van der Waals surface area contributed by atoms with Crippen molar-refractivity contribution in [3.63, 3.8) is 0 Å². The monoisotopic (exact) mass is 307 g/mol. The summed E-state index contributed by atoms with van der Waals surface area (Å²) in [6, 6.07) is 5.74. The second-order valence-electron chi connectivity index (χ2n) is 4.75. The molecule has 0 saturated carbocycles. The number of aromatic amines is 1. The van der Waals surface area contributed by atoms with E-state index in [1.165, 1.54) is 0 Å². The van der Waals surface area contributed by atoms with Gasteiger partial charge < -0.3 is 21.1 Å². The summed E-state index contributed by atoms with van der Waals surface area (Å²) in [7, 11) is 0. The van der Waals surface area contributed by atoms with Gasteiger partial charge >= 0.3 is 5.97 Å². The number of hydrogen-bond acceptors (Lipinski definition) is 4. The van der Waals surface area contributed by atoms with E-state index in [0.717, 1.165) is 16.5 Å². The standard InChI is InChI=1S/C14H17N3O3S/c15-10(7-21)13(18)17-12(14(19)20)5-8-6-16-11-4-2-1-3-9(8)11/h1-4,6,10,12,16,21H,5,7,15H2,(H,17,18)(H,19,20)/t10-,12+/m0/s1. The van der Waals surface area contributed by atoms with Crippen molar-refractivity contribution in [1.82, 2.24) is 10.3 Å². The molecule has 21 heavy (non-hydrogen) atoms. The van der Waals surface area contributed by atoms with E-state index in [-0.39, 0.29) is 12.2 Å². The summed E-state index contributed by atoms with van der Waals surface area (Å²) < 4.78 is 0. The van der Waals surface area contributed by atoms with Crippen molar-refractivity contribution >= 4 is 35.4 Å². The van der Waals surface area contributed by atoms with Gasteiger partial charge in [-0.1, -0.05) is 18.2 Å². The van der Waals surface area contributed by atoms with Crippen LogP contribution < -0.4 is 11.1 Å². The predicted octanol–water partition coefficient (Wildman–Crippen LogP) is 0.537. The molecule has 5 N–H and O–H groups in total. The molecular weight excluding hydrogens is 290 g/mol. The van der Waals surface area contributed by atoms with Gasteiger partial charge in [0.05, 0.1) is 6.04 Å². The summed E-state index contributed by atoms with van der Waals surface area (Å²) in [4.78, 5) is 26.1. The maximum absolute atomic E-state index is 11.7. The average Bonchev–Trinajstić information content (AvgIpc) is 2.88. The Morgan fingerprint density at radius 1 is 1.38 bits per heavy atom. The van der Waals surface area contributed by atoms with Gasteiger partial charge in [-0.05, 0) is 11.6 Å². The molecule has 0 aliphatic heterocycles. The molecule has 7 heteroatoms. The zero-order valence-electron chi connectivity index (χ0n) is 11.2. The fraction of sp³-hybridized carbons (Fsp3) is 0.286. The van der Waals surface area contributed by atoms with E-state index >= 15 is 0 Å². The SMILES string of the molecule is N[C@@H](CS)C(=O)N[C@H](Cc1c[nH]c2ccccc12)C(=O)O. The van der Waals surface area contributed by atoms with Gasteiger partial charge in [0.25, 0.3) is 0 Å². The van der Waals surface area contributed by atoms with Crippen LogP contribution in [-0.4, -0.2) is 39.8 Å². The number of nitrogens with one attached hydrogen (secondary N) is 2. The van der Waals surface area contributed by atoms with Crippen LogP contribution in [0, 0.1) is 0 Å². The van der Waals surface area contributed by atoms with Crippen molar-refractivity contribution < 1.29 is 14.7 Å². The molecule has 0 bridgehead atoms. The minimum Gasteiger partial charge on any atom is -0.480 e. The summed E-state index contributed by atoms with van der Waals surface area (Å²) in [5.41, 5.74) is 7.30. The van der Waals surface area contributed by atoms with Gasteiger partial charge in [0.15, 0.2) is 0 Å². The topological polar surface area (TPSA) is 108 Å². The summed E-state index contributed by atoms with van der Waals surface area (Å²) in [6.07, 6.45) is 1.94. The number of amides is 1. The van der Waals surface area contributed by atoms with Crippen molar-refractivity contribution in [2.75, 3.05) is 5.75 Å². The number of benzene rings is 1. The molecule has 1 aromatic heterocycles. The molecule has 1 amide bonds. The number of H-pyrrole nitrogens is 1. The van der Waals surface area contributed by atoms with E-state index in [1.54, 1.807) is 6.20 Å². The molecule has 0 saturated heterocycles. The number of carboxylic acids is 1. The fourth-order valence-corrected chi connectivity index (χ4v) is 2.25. The van der Waals surface area contributed by atoms with E-state index in [1.807, 2.05) is 24.3 Å². The fourth-order valence-electron chi connectivity index (χ4n) is 2.08. The van der Waals surface area contributed by atoms with Crippen molar-refractivity contribution in [2.24, 2.45) is 5.73 Å². The van der Waals surface area contributed by atoms with Gasteiger partial charge in [0, 0.05) is 29.3 Å². The Labute approximate surface area is 127 Å². The summed E-state index contributed by atoms with van der Waals surface area (Å²) in [5.74, 6) is -1.46. The molecule has 0 aliphatic carbocycles. The lowest BCUT2D eigenvalue weighted by atomic mass is 10.0. The van der Waals surface area contributed by atoms with Crippen molar-refractivity contribution in [3.8, 4) is 0 Å². The minimum absolute atomic E-state index is 0.158. The van der Waals surface area contributed by atoms with E-state index < -0.39 is 24.0 Å². The number of aromatic nitrogens is 1. The minimum atomic E-state index is -1.10. The number of carbonyl (C=O) groups excluding carboxylic acids is 1. The van der Waals surface area contributed by atoms with Gasteiger partial charge in [-0.25, -0.2) is 4.79 Å². The third-order valence-electron chi connectivity index (χ3n) is 3.25. The summed E-state index contributed by atoms with van der Waals surface area (Å²) >= 11 is 3.93. The van der Waals surface area contributed by atoms with Crippen LogP contribution in [0.5, 0.6) is 0 Å². The quantitative estimate of drug-likeness (QED) is 0.502. The first kappa shape index (κ1) is 15.4. The molecule has 0 fully saturated rings. The number of hydrogen-bond donors (Lipinski definition) is 5. The van der Waals surface area contributed by atoms with Crippen LogP contribution in [0.4, 0.5) is 0 Å². The highest BCUT2D eigenvalue weighted by Gasteiger charge is 2.24. The molecule has 0 spiro atoms. The van der Waals surface area contributed by atoms with Crippen LogP contribution in [0.25, 0.3) is 10.9 Å². The van der Waals surface area contributed by atoms with Gasteiger partial charge in [0.2, 0.25) is 5.91 Å². The van der Waals surface area contributed by atoms with Gasteiger partial charge in [-0.2, -0.15) is 12.6 Å². The predicted molar refractivity (Wildman–Crippen MR) is 83.4 cm³/mol. The first-order valence-electron chi connectivity index (χ1n) is 6.47. The number of rotatable bonds is 6. The lowest BCUT2D eigenvalue weighted by Gasteiger charge is -2.16. The Morgan fingerprint density at radius 3 is 2.76 bits per heavy atom.